The molecular weight excluding hydrogens is 366 g/mol. The summed E-state index contributed by atoms with van der Waals surface area (Å²) >= 11 is 0. The Bertz CT molecular complexity index is 1040. The van der Waals surface area contributed by atoms with Crippen LogP contribution in [-0.2, 0) is 28.2 Å². The number of rotatable bonds is 4. The number of amides is 1. The van der Waals surface area contributed by atoms with Crippen LogP contribution in [-0.4, -0.2) is 41.0 Å². The molecule has 2 aromatic carbocycles. The SMILES string of the molecule is COc1ccc(CC(=O)N2CC3(C2)OCc2nc(-c4ccccc4)ncc23)cc1. The molecule has 29 heavy (non-hydrogen) atoms. The number of hydrogen-bond acceptors (Lipinski definition) is 5. The van der Waals surface area contributed by atoms with Crippen LogP contribution >= 0.6 is 0 Å². The quantitative estimate of drug-likeness (QED) is 0.689. The van der Waals surface area contributed by atoms with Gasteiger partial charge in [-0.25, -0.2) is 9.97 Å². The summed E-state index contributed by atoms with van der Waals surface area (Å²) in [6.45, 7) is 1.55. The molecule has 0 bridgehead atoms. The Morgan fingerprint density at radius 3 is 2.62 bits per heavy atom. The van der Waals surface area contributed by atoms with Crippen LogP contribution in [0.2, 0.25) is 0 Å². The Balaban J connectivity index is 1.27. The minimum Gasteiger partial charge on any atom is -0.497 e. The molecule has 0 N–H and O–H groups in total. The van der Waals surface area contributed by atoms with Crippen molar-refractivity contribution >= 4 is 5.91 Å². The Labute approximate surface area is 169 Å². The smallest absolute Gasteiger partial charge is 0.227 e. The zero-order valence-electron chi connectivity index (χ0n) is 16.2. The van der Waals surface area contributed by atoms with E-state index in [0.717, 1.165) is 28.1 Å². The molecule has 3 heterocycles. The normalized spacial score (nSPS) is 16.4. The van der Waals surface area contributed by atoms with Crippen molar-refractivity contribution < 1.29 is 14.3 Å². The first-order chi connectivity index (χ1) is 14.2. The number of fused-ring (bicyclic) bond motifs is 2. The first kappa shape index (κ1) is 17.8. The standard InChI is InChI=1S/C23H21N3O3/c1-28-18-9-7-16(8-10-18)11-21(27)26-14-23(15-26)19-12-24-22(25-20(19)13-29-23)17-5-3-2-4-6-17/h2-10,12H,11,13-15H2,1H3. The van der Waals surface area contributed by atoms with Gasteiger partial charge in [-0.3, -0.25) is 4.79 Å². The lowest BCUT2D eigenvalue weighted by Crippen LogP contribution is -2.61. The highest BCUT2D eigenvalue weighted by molar-refractivity contribution is 5.80. The molecule has 6 nitrogen and oxygen atoms in total. The molecule has 5 rings (SSSR count). The van der Waals surface area contributed by atoms with E-state index in [-0.39, 0.29) is 5.91 Å². The molecule has 2 aliphatic rings. The van der Waals surface area contributed by atoms with Gasteiger partial charge in [0.25, 0.3) is 0 Å². The largest absolute Gasteiger partial charge is 0.497 e. The molecule has 1 fully saturated rings. The van der Waals surface area contributed by atoms with Crippen LogP contribution in [0.5, 0.6) is 5.75 Å². The lowest BCUT2D eigenvalue weighted by Gasteiger charge is -2.47. The number of nitrogens with zero attached hydrogens (tertiary/aromatic N) is 3. The summed E-state index contributed by atoms with van der Waals surface area (Å²) in [6.07, 6.45) is 2.24. The molecule has 1 spiro atoms. The Morgan fingerprint density at radius 2 is 1.90 bits per heavy atom. The number of carbonyl (C=O) groups excluding carboxylic acids is 1. The second-order valence-electron chi connectivity index (χ2n) is 7.48. The maximum Gasteiger partial charge on any atom is 0.227 e. The topological polar surface area (TPSA) is 64.5 Å². The lowest BCUT2D eigenvalue weighted by atomic mass is 9.87. The summed E-state index contributed by atoms with van der Waals surface area (Å²) in [4.78, 5) is 23.7. The van der Waals surface area contributed by atoms with Crippen LogP contribution in [0.4, 0.5) is 0 Å². The molecule has 0 unspecified atom stereocenters. The van der Waals surface area contributed by atoms with E-state index in [9.17, 15) is 4.79 Å². The third kappa shape index (κ3) is 3.15. The summed E-state index contributed by atoms with van der Waals surface area (Å²) < 4.78 is 11.2. The maximum atomic E-state index is 12.6. The average molecular weight is 387 g/mol. The van der Waals surface area contributed by atoms with Gasteiger partial charge in [-0.05, 0) is 17.7 Å². The van der Waals surface area contributed by atoms with E-state index >= 15 is 0 Å². The van der Waals surface area contributed by atoms with Gasteiger partial charge in [0.15, 0.2) is 5.82 Å². The number of carbonyl (C=O) groups is 1. The summed E-state index contributed by atoms with van der Waals surface area (Å²) in [7, 11) is 1.63. The molecule has 0 atom stereocenters. The van der Waals surface area contributed by atoms with Gasteiger partial charge in [0.1, 0.15) is 11.4 Å². The molecule has 1 saturated heterocycles. The minimum atomic E-state index is -0.458. The average Bonchev–Trinajstić information content (AvgIpc) is 3.13. The fourth-order valence-electron chi connectivity index (χ4n) is 3.96. The van der Waals surface area contributed by atoms with E-state index in [2.05, 4.69) is 4.98 Å². The van der Waals surface area contributed by atoms with E-state index in [0.29, 0.717) is 31.9 Å². The molecular formula is C23H21N3O3. The van der Waals surface area contributed by atoms with Crippen molar-refractivity contribution in [2.45, 2.75) is 18.6 Å². The minimum absolute atomic E-state index is 0.0969. The monoisotopic (exact) mass is 387 g/mol. The summed E-state index contributed by atoms with van der Waals surface area (Å²) in [5.41, 5.74) is 3.42. The summed E-state index contributed by atoms with van der Waals surface area (Å²) in [5, 5.41) is 0. The molecule has 146 valence electrons. The van der Waals surface area contributed by atoms with Crippen molar-refractivity contribution in [2.24, 2.45) is 0 Å². The first-order valence-corrected chi connectivity index (χ1v) is 9.63. The van der Waals surface area contributed by atoms with Crippen molar-refractivity contribution in [1.29, 1.82) is 0 Å². The molecule has 6 heteroatoms. The molecule has 3 aromatic rings. The van der Waals surface area contributed by atoms with Gasteiger partial charge in [-0.15, -0.1) is 0 Å². The van der Waals surface area contributed by atoms with Crippen molar-refractivity contribution in [1.82, 2.24) is 14.9 Å². The number of benzene rings is 2. The van der Waals surface area contributed by atoms with E-state index in [4.69, 9.17) is 14.5 Å². The number of ether oxygens (including phenoxy) is 2. The van der Waals surface area contributed by atoms with Gasteiger partial charge in [-0.2, -0.15) is 0 Å². The van der Waals surface area contributed by atoms with Crippen molar-refractivity contribution in [2.75, 3.05) is 20.2 Å². The van der Waals surface area contributed by atoms with Gasteiger partial charge in [0.05, 0.1) is 38.9 Å². The second-order valence-corrected chi connectivity index (χ2v) is 7.48. The predicted molar refractivity (Wildman–Crippen MR) is 107 cm³/mol. The highest BCUT2D eigenvalue weighted by Crippen LogP contribution is 2.43. The zero-order valence-corrected chi connectivity index (χ0v) is 16.2. The molecule has 0 radical (unpaired) electrons. The van der Waals surface area contributed by atoms with Gasteiger partial charge in [0, 0.05) is 17.3 Å². The van der Waals surface area contributed by atoms with E-state index in [1.807, 2.05) is 65.7 Å². The van der Waals surface area contributed by atoms with Crippen molar-refractivity contribution in [3.05, 3.63) is 77.6 Å². The summed E-state index contributed by atoms with van der Waals surface area (Å²) in [6, 6.07) is 17.5. The van der Waals surface area contributed by atoms with Gasteiger partial charge in [0.2, 0.25) is 5.91 Å². The predicted octanol–water partition coefficient (Wildman–Crippen LogP) is 2.96. The Hall–Kier alpha value is -3.25. The van der Waals surface area contributed by atoms with Gasteiger partial charge < -0.3 is 14.4 Å². The van der Waals surface area contributed by atoms with Crippen LogP contribution in [0.25, 0.3) is 11.4 Å². The number of methoxy groups -OCH3 is 1. The summed E-state index contributed by atoms with van der Waals surface area (Å²) in [5.74, 6) is 1.59. The lowest BCUT2D eigenvalue weighted by molar-refractivity contribution is -0.168. The van der Waals surface area contributed by atoms with Gasteiger partial charge in [-0.1, -0.05) is 42.5 Å². The van der Waals surface area contributed by atoms with Crippen LogP contribution in [0.15, 0.2) is 60.8 Å². The third-order valence-electron chi connectivity index (χ3n) is 5.64. The fourth-order valence-corrected chi connectivity index (χ4v) is 3.96. The molecule has 1 amide bonds. The van der Waals surface area contributed by atoms with Crippen LogP contribution in [0, 0.1) is 0 Å². The van der Waals surface area contributed by atoms with E-state index < -0.39 is 5.60 Å². The van der Waals surface area contributed by atoms with Crippen LogP contribution in [0.3, 0.4) is 0 Å². The highest BCUT2D eigenvalue weighted by Gasteiger charge is 2.52. The van der Waals surface area contributed by atoms with Crippen molar-refractivity contribution in [3.8, 4) is 17.1 Å². The molecule has 0 aliphatic carbocycles. The van der Waals surface area contributed by atoms with Crippen molar-refractivity contribution in [3.63, 3.8) is 0 Å². The molecule has 1 aromatic heterocycles. The maximum absolute atomic E-state index is 12.6. The van der Waals surface area contributed by atoms with E-state index in [1.165, 1.54) is 0 Å². The fraction of sp³-hybridized carbons (Fsp3) is 0.261. The second kappa shape index (κ2) is 6.97. The van der Waals surface area contributed by atoms with Crippen LogP contribution in [0.1, 0.15) is 16.8 Å². The molecule has 2 aliphatic heterocycles. The zero-order chi connectivity index (χ0) is 19.8. The van der Waals surface area contributed by atoms with Crippen LogP contribution < -0.4 is 4.74 Å². The third-order valence-corrected chi connectivity index (χ3v) is 5.64. The first-order valence-electron chi connectivity index (χ1n) is 9.63. The van der Waals surface area contributed by atoms with Gasteiger partial charge >= 0.3 is 0 Å². The highest BCUT2D eigenvalue weighted by atomic mass is 16.5. The number of aromatic nitrogens is 2. The Kier molecular flexibility index (Phi) is 4.28. The Morgan fingerprint density at radius 1 is 1.14 bits per heavy atom. The number of likely N-dealkylation sites (tertiary alicyclic amines) is 1. The number of hydrogen-bond donors (Lipinski definition) is 0. The molecule has 0 saturated carbocycles. The van der Waals surface area contributed by atoms with E-state index in [1.54, 1.807) is 7.11 Å².